The number of halogens is 8. The zero-order chi connectivity index (χ0) is 38.6. The maximum Gasteiger partial charge on any atom is 0.419 e. The van der Waals surface area contributed by atoms with Crippen LogP contribution in [0.4, 0.5) is 35.1 Å². The molecule has 280 valence electrons. The van der Waals surface area contributed by atoms with E-state index < -0.39 is 82.5 Å². The maximum atomic E-state index is 16.0. The number of benzene rings is 3. The third-order valence-electron chi connectivity index (χ3n) is 9.22. The van der Waals surface area contributed by atoms with Crippen molar-refractivity contribution in [2.45, 2.75) is 57.3 Å². The molecular weight excluding hydrogens is 718 g/mol. The van der Waals surface area contributed by atoms with Gasteiger partial charge in [0.2, 0.25) is 5.91 Å². The van der Waals surface area contributed by atoms with Crippen LogP contribution in [-0.2, 0) is 28.4 Å². The summed E-state index contributed by atoms with van der Waals surface area (Å²) in [6, 6.07) is 6.66. The number of pyridine rings is 1. The Bertz CT molecular complexity index is 2160. The molecule has 6 rings (SSSR count). The summed E-state index contributed by atoms with van der Waals surface area (Å²) in [5.74, 6) is -4.70. The number of rotatable bonds is 6. The summed E-state index contributed by atoms with van der Waals surface area (Å²) in [4.78, 5) is 41.5. The standard InChI is InChI=1S/C37H31F8N3O5/c1-18-8-19(2)32-22-11-25(33(39)27(12-22)37(43,44)45)28(14-31(50)51)46-35(52)34(20-4-3-5-24(10-20)53-29(32)9-18)48-15-21(6-7-47-16-23(38)17-47)26(13-30(48)49)36(40,41)42/h3-5,8-13,15,23,28,34H,6-7,14,16-17H2,1-2H3,(H,46,52)(H,50,51)/t28-,34-/m1/s1. The highest BCUT2D eigenvalue weighted by Gasteiger charge is 2.40. The van der Waals surface area contributed by atoms with Crippen molar-refractivity contribution in [1.29, 1.82) is 0 Å². The number of alkyl halides is 7. The molecular formula is C37H31F8N3O5. The number of likely N-dealkylation sites (tertiary alicyclic amines) is 1. The number of carboxylic acid groups (broad SMARTS) is 1. The van der Waals surface area contributed by atoms with Gasteiger partial charge in [0.1, 0.15) is 29.5 Å². The van der Waals surface area contributed by atoms with Crippen LogP contribution >= 0.6 is 0 Å². The number of aromatic nitrogens is 1. The van der Waals surface area contributed by atoms with Crippen molar-refractivity contribution >= 4 is 11.9 Å². The number of nitrogens with zero attached hydrogens (tertiary/aromatic N) is 2. The molecule has 1 aromatic heterocycles. The summed E-state index contributed by atoms with van der Waals surface area (Å²) >= 11 is 0. The first kappa shape index (κ1) is 37.5. The zero-order valence-corrected chi connectivity index (χ0v) is 28.0. The summed E-state index contributed by atoms with van der Waals surface area (Å²) in [6.45, 7) is 3.26. The molecule has 53 heavy (non-hydrogen) atoms. The number of aliphatic carboxylic acids is 1. The Morgan fingerprint density at radius 2 is 1.66 bits per heavy atom. The van der Waals surface area contributed by atoms with E-state index >= 15 is 4.39 Å². The summed E-state index contributed by atoms with van der Waals surface area (Å²) in [6.07, 6.45) is -12.0. The van der Waals surface area contributed by atoms with Gasteiger partial charge in [-0.15, -0.1) is 0 Å². The fraction of sp³-hybridized carbons (Fsp3) is 0.324. The van der Waals surface area contributed by atoms with E-state index in [0.717, 1.165) is 12.3 Å². The van der Waals surface area contributed by atoms with Gasteiger partial charge >= 0.3 is 18.3 Å². The third kappa shape index (κ3) is 7.77. The van der Waals surface area contributed by atoms with Gasteiger partial charge in [-0.25, -0.2) is 8.78 Å². The number of ether oxygens (including phenoxy) is 1. The number of aryl methyl sites for hydroxylation is 2. The molecule has 1 fully saturated rings. The molecule has 2 atom stereocenters. The Balaban J connectivity index is 1.60. The van der Waals surface area contributed by atoms with Gasteiger partial charge in [-0.3, -0.25) is 23.9 Å². The Kier molecular flexibility index (Phi) is 9.87. The van der Waals surface area contributed by atoms with Crippen LogP contribution in [0.2, 0.25) is 0 Å². The minimum atomic E-state index is -5.28. The fourth-order valence-electron chi connectivity index (χ4n) is 6.83. The highest BCUT2D eigenvalue weighted by Crippen LogP contribution is 2.44. The van der Waals surface area contributed by atoms with Crippen LogP contribution < -0.4 is 15.6 Å². The largest absolute Gasteiger partial charge is 0.481 e. The lowest BCUT2D eigenvalue weighted by Gasteiger charge is -2.34. The Morgan fingerprint density at radius 3 is 2.30 bits per heavy atom. The van der Waals surface area contributed by atoms with Crippen LogP contribution in [0.5, 0.6) is 11.5 Å². The van der Waals surface area contributed by atoms with E-state index in [-0.39, 0.29) is 54.2 Å². The van der Waals surface area contributed by atoms with Gasteiger partial charge in [-0.05, 0) is 78.4 Å². The minimum Gasteiger partial charge on any atom is -0.481 e. The van der Waals surface area contributed by atoms with Gasteiger partial charge in [0.15, 0.2) is 0 Å². The first-order valence-electron chi connectivity index (χ1n) is 16.3. The monoisotopic (exact) mass is 749 g/mol. The summed E-state index contributed by atoms with van der Waals surface area (Å²) in [7, 11) is 0. The number of hydrogen-bond donors (Lipinski definition) is 2. The Morgan fingerprint density at radius 1 is 0.962 bits per heavy atom. The number of hydrogen-bond acceptors (Lipinski definition) is 5. The van der Waals surface area contributed by atoms with Gasteiger partial charge in [0.05, 0.1) is 23.6 Å². The molecule has 2 aliphatic rings. The lowest BCUT2D eigenvalue weighted by atomic mass is 9.91. The average molecular weight is 750 g/mol. The lowest BCUT2D eigenvalue weighted by molar-refractivity contribution is -0.140. The van der Waals surface area contributed by atoms with Crippen molar-refractivity contribution in [3.63, 3.8) is 0 Å². The molecule has 0 aliphatic carbocycles. The lowest BCUT2D eigenvalue weighted by Crippen LogP contribution is -2.49. The molecule has 2 N–H and O–H groups in total. The van der Waals surface area contributed by atoms with E-state index in [1.807, 2.05) is 0 Å². The number of carbonyl (C=O) groups excluding carboxylic acids is 1. The van der Waals surface area contributed by atoms with Gasteiger partial charge in [-0.1, -0.05) is 18.2 Å². The van der Waals surface area contributed by atoms with Crippen molar-refractivity contribution in [2.24, 2.45) is 0 Å². The van der Waals surface area contributed by atoms with E-state index in [1.165, 1.54) is 30.3 Å². The van der Waals surface area contributed by atoms with Crippen molar-refractivity contribution in [3.8, 4) is 22.6 Å². The highest BCUT2D eigenvalue weighted by molar-refractivity contribution is 5.85. The molecule has 0 saturated carbocycles. The second kappa shape index (κ2) is 14.0. The van der Waals surface area contributed by atoms with Crippen LogP contribution in [0.3, 0.4) is 0 Å². The van der Waals surface area contributed by atoms with Gasteiger partial charge in [0.25, 0.3) is 5.56 Å². The van der Waals surface area contributed by atoms with Crippen LogP contribution in [0.15, 0.2) is 65.6 Å². The molecule has 4 aromatic rings. The SMILES string of the molecule is Cc1cc(C)c2c(c1)Oc1cccc(c1)[C@@H](n1cc(CCN3CC(F)C3)c(C(F)(F)F)cc1=O)C(=O)N[C@H](CC(=O)O)c1cc-2cc(C(F)(F)F)c1F. The quantitative estimate of drug-likeness (QED) is 0.198. The van der Waals surface area contributed by atoms with E-state index in [0.29, 0.717) is 27.8 Å². The molecule has 0 spiro atoms. The molecule has 0 unspecified atom stereocenters. The van der Waals surface area contributed by atoms with Crippen molar-refractivity contribution in [2.75, 3.05) is 19.6 Å². The first-order chi connectivity index (χ1) is 24.8. The predicted molar refractivity (Wildman–Crippen MR) is 175 cm³/mol. The highest BCUT2D eigenvalue weighted by atomic mass is 19.4. The third-order valence-corrected chi connectivity index (χ3v) is 9.22. The van der Waals surface area contributed by atoms with Gasteiger partial charge in [0, 0.05) is 43.0 Å². The second-order valence-corrected chi connectivity index (χ2v) is 13.2. The van der Waals surface area contributed by atoms with Crippen LogP contribution in [0, 0.1) is 19.7 Å². The Labute approximate surface area is 296 Å². The Hall–Kier alpha value is -5.25. The second-order valence-electron chi connectivity index (χ2n) is 13.2. The van der Waals surface area contributed by atoms with Crippen LogP contribution in [0.1, 0.15) is 57.4 Å². The number of amides is 1. The molecule has 0 radical (unpaired) electrons. The van der Waals surface area contributed by atoms with Crippen LogP contribution in [-0.4, -0.2) is 52.3 Å². The average Bonchev–Trinajstić information content (AvgIpc) is 3.02. The molecule has 3 aromatic carbocycles. The normalized spacial score (nSPS) is 18.1. The molecule has 4 bridgehead atoms. The zero-order valence-electron chi connectivity index (χ0n) is 28.0. The van der Waals surface area contributed by atoms with Crippen molar-refractivity contribution in [3.05, 3.63) is 116 Å². The molecule has 3 heterocycles. The molecule has 1 saturated heterocycles. The van der Waals surface area contributed by atoms with Gasteiger partial charge < -0.3 is 15.2 Å². The number of carboxylic acids is 1. The van der Waals surface area contributed by atoms with E-state index in [9.17, 15) is 50.2 Å². The van der Waals surface area contributed by atoms with E-state index in [1.54, 1.807) is 24.8 Å². The van der Waals surface area contributed by atoms with Crippen molar-refractivity contribution in [1.82, 2.24) is 14.8 Å². The van der Waals surface area contributed by atoms with E-state index in [4.69, 9.17) is 4.74 Å². The number of nitrogens with one attached hydrogen (secondary N) is 1. The minimum absolute atomic E-state index is 0.000228. The summed E-state index contributed by atoms with van der Waals surface area (Å²) in [5, 5.41) is 12.1. The topological polar surface area (TPSA) is 101 Å². The van der Waals surface area contributed by atoms with Gasteiger partial charge in [-0.2, -0.15) is 26.3 Å². The fourth-order valence-corrected chi connectivity index (χ4v) is 6.83. The van der Waals surface area contributed by atoms with Crippen molar-refractivity contribution < 1.29 is 54.6 Å². The molecule has 2 aliphatic heterocycles. The molecule has 1 amide bonds. The number of fused-ring (bicyclic) bond motifs is 6. The smallest absolute Gasteiger partial charge is 0.419 e. The molecule has 16 heteroatoms. The summed E-state index contributed by atoms with van der Waals surface area (Å²) in [5.41, 5.74) is -4.71. The maximum absolute atomic E-state index is 16.0. The molecule has 8 nitrogen and oxygen atoms in total. The van der Waals surface area contributed by atoms with E-state index in [2.05, 4.69) is 5.32 Å². The predicted octanol–water partition coefficient (Wildman–Crippen LogP) is 7.53. The number of carbonyl (C=O) groups is 2. The summed E-state index contributed by atoms with van der Waals surface area (Å²) < 4.78 is 122. The first-order valence-corrected chi connectivity index (χ1v) is 16.3. The van der Waals surface area contributed by atoms with Crippen LogP contribution in [0.25, 0.3) is 11.1 Å².